The Morgan fingerprint density at radius 1 is 1.50 bits per heavy atom. The van der Waals surface area contributed by atoms with Crippen LogP contribution in [0.2, 0.25) is 0 Å². The lowest BCUT2D eigenvalue weighted by Gasteiger charge is -2.07. The molecule has 0 saturated carbocycles. The van der Waals surface area contributed by atoms with Gasteiger partial charge in [0.15, 0.2) is 0 Å². The first kappa shape index (κ1) is 9.39. The lowest BCUT2D eigenvalue weighted by molar-refractivity contribution is -0.155. The summed E-state index contributed by atoms with van der Waals surface area (Å²) in [6.45, 7) is 2.74. The van der Waals surface area contributed by atoms with Crippen molar-refractivity contribution in [2.24, 2.45) is 0 Å². The van der Waals surface area contributed by atoms with Gasteiger partial charge in [0.05, 0.1) is 6.10 Å². The molecule has 0 rings (SSSR count). The van der Waals surface area contributed by atoms with E-state index in [1.54, 1.807) is 0 Å². The van der Waals surface area contributed by atoms with Crippen LogP contribution in [0.4, 0.5) is 0 Å². The minimum atomic E-state index is -1.11. The van der Waals surface area contributed by atoms with E-state index in [9.17, 15) is 4.79 Å². The Balaban J connectivity index is 3.40. The van der Waals surface area contributed by atoms with Crippen molar-refractivity contribution in [1.82, 2.24) is 0 Å². The van der Waals surface area contributed by atoms with Crippen LogP contribution in [0.3, 0.4) is 0 Å². The molecule has 2 unspecified atom stereocenters. The Morgan fingerprint density at radius 3 is 2.30 bits per heavy atom. The van der Waals surface area contributed by atoms with Crippen LogP contribution < -0.4 is 0 Å². The molecule has 0 saturated heterocycles. The fourth-order valence-corrected chi connectivity index (χ4v) is 0.323. The Bertz CT molecular complexity index is 108. The second-order valence-corrected chi connectivity index (χ2v) is 2.16. The van der Waals surface area contributed by atoms with E-state index in [-0.39, 0.29) is 6.61 Å². The monoisotopic (exact) mass is 148 g/mol. The lowest BCUT2D eigenvalue weighted by Crippen LogP contribution is -2.23. The standard InChI is InChI=1S/C6H12O4/c1-4(7)3-10-6(9)5(2)8/h4-5,7-8H,3H2,1-2H3. The van der Waals surface area contributed by atoms with Gasteiger partial charge in [-0.2, -0.15) is 0 Å². The summed E-state index contributed by atoms with van der Waals surface area (Å²) in [6, 6.07) is 0. The zero-order chi connectivity index (χ0) is 8.15. The van der Waals surface area contributed by atoms with Crippen LogP contribution in [-0.4, -0.2) is 35.0 Å². The number of aliphatic hydroxyl groups excluding tert-OH is 2. The molecule has 4 heteroatoms. The summed E-state index contributed by atoms with van der Waals surface area (Å²) in [5, 5.41) is 17.2. The van der Waals surface area contributed by atoms with Crippen molar-refractivity contribution in [3.63, 3.8) is 0 Å². The summed E-state index contributed by atoms with van der Waals surface area (Å²) < 4.78 is 4.43. The number of esters is 1. The molecule has 10 heavy (non-hydrogen) atoms. The largest absolute Gasteiger partial charge is 0.461 e. The number of aliphatic hydroxyl groups is 2. The molecule has 0 heterocycles. The maximum absolute atomic E-state index is 10.5. The van der Waals surface area contributed by atoms with Crippen LogP contribution in [0.25, 0.3) is 0 Å². The smallest absolute Gasteiger partial charge is 0.334 e. The van der Waals surface area contributed by atoms with E-state index < -0.39 is 18.2 Å². The molecular formula is C6H12O4. The number of rotatable bonds is 3. The minimum absolute atomic E-state index is 0.0657. The maximum Gasteiger partial charge on any atom is 0.334 e. The third kappa shape index (κ3) is 4.29. The predicted octanol–water partition coefficient (Wildman–Crippen LogP) is -0.709. The highest BCUT2D eigenvalue weighted by Gasteiger charge is 2.10. The van der Waals surface area contributed by atoms with E-state index in [1.165, 1.54) is 13.8 Å². The highest BCUT2D eigenvalue weighted by molar-refractivity contribution is 5.73. The van der Waals surface area contributed by atoms with Gasteiger partial charge in [-0.25, -0.2) is 4.79 Å². The van der Waals surface area contributed by atoms with Crippen molar-refractivity contribution in [1.29, 1.82) is 0 Å². The number of hydrogen-bond donors (Lipinski definition) is 2. The molecule has 0 aromatic carbocycles. The molecular weight excluding hydrogens is 136 g/mol. The van der Waals surface area contributed by atoms with Gasteiger partial charge < -0.3 is 14.9 Å². The summed E-state index contributed by atoms with van der Waals surface area (Å²) in [5.74, 6) is -0.707. The topological polar surface area (TPSA) is 66.8 Å². The zero-order valence-electron chi connectivity index (χ0n) is 6.07. The Morgan fingerprint density at radius 2 is 2.00 bits per heavy atom. The van der Waals surface area contributed by atoms with E-state index in [0.717, 1.165) is 0 Å². The minimum Gasteiger partial charge on any atom is -0.461 e. The average Bonchev–Trinajstić information content (AvgIpc) is 1.82. The van der Waals surface area contributed by atoms with E-state index >= 15 is 0 Å². The molecule has 4 nitrogen and oxygen atoms in total. The van der Waals surface area contributed by atoms with Crippen LogP contribution in [-0.2, 0) is 9.53 Å². The van der Waals surface area contributed by atoms with Crippen LogP contribution in [0, 0.1) is 0 Å². The van der Waals surface area contributed by atoms with Crippen LogP contribution in [0.1, 0.15) is 13.8 Å². The van der Waals surface area contributed by atoms with Gasteiger partial charge in [0.2, 0.25) is 0 Å². The number of carbonyl (C=O) groups is 1. The van der Waals surface area contributed by atoms with Crippen molar-refractivity contribution < 1.29 is 19.7 Å². The number of carbonyl (C=O) groups excluding carboxylic acids is 1. The van der Waals surface area contributed by atoms with Gasteiger partial charge in [-0.05, 0) is 13.8 Å². The highest BCUT2D eigenvalue weighted by atomic mass is 16.6. The third-order valence-corrected chi connectivity index (χ3v) is 0.808. The van der Waals surface area contributed by atoms with Crippen molar-refractivity contribution >= 4 is 5.97 Å². The average molecular weight is 148 g/mol. The van der Waals surface area contributed by atoms with Gasteiger partial charge in [0.1, 0.15) is 12.7 Å². The molecule has 0 spiro atoms. The van der Waals surface area contributed by atoms with Gasteiger partial charge in [0, 0.05) is 0 Å². The van der Waals surface area contributed by atoms with Crippen LogP contribution in [0.15, 0.2) is 0 Å². The molecule has 0 aliphatic carbocycles. The second-order valence-electron chi connectivity index (χ2n) is 2.16. The van der Waals surface area contributed by atoms with Crippen molar-refractivity contribution in [3.05, 3.63) is 0 Å². The van der Waals surface area contributed by atoms with E-state index in [2.05, 4.69) is 4.74 Å². The normalized spacial score (nSPS) is 16.0. The summed E-state index contributed by atoms with van der Waals surface area (Å²) in [6.07, 6.45) is -1.79. The first-order chi connectivity index (χ1) is 4.54. The summed E-state index contributed by atoms with van der Waals surface area (Å²) in [7, 11) is 0. The van der Waals surface area contributed by atoms with E-state index in [1.807, 2.05) is 0 Å². The third-order valence-electron chi connectivity index (χ3n) is 0.808. The molecule has 0 amide bonds. The molecule has 0 bridgehead atoms. The molecule has 2 N–H and O–H groups in total. The summed E-state index contributed by atoms with van der Waals surface area (Å²) >= 11 is 0. The fraction of sp³-hybridized carbons (Fsp3) is 0.833. The molecule has 0 aliphatic rings. The first-order valence-corrected chi connectivity index (χ1v) is 3.06. The first-order valence-electron chi connectivity index (χ1n) is 3.06. The molecule has 60 valence electrons. The molecule has 0 aromatic heterocycles. The molecule has 0 radical (unpaired) electrons. The molecule has 0 fully saturated rings. The van der Waals surface area contributed by atoms with Crippen LogP contribution in [0.5, 0.6) is 0 Å². The zero-order valence-corrected chi connectivity index (χ0v) is 6.07. The van der Waals surface area contributed by atoms with Crippen molar-refractivity contribution in [2.75, 3.05) is 6.61 Å². The van der Waals surface area contributed by atoms with Gasteiger partial charge >= 0.3 is 5.97 Å². The number of hydrogen-bond acceptors (Lipinski definition) is 4. The van der Waals surface area contributed by atoms with Crippen LogP contribution >= 0.6 is 0 Å². The lowest BCUT2D eigenvalue weighted by atomic mass is 10.4. The van der Waals surface area contributed by atoms with Gasteiger partial charge in [-0.1, -0.05) is 0 Å². The SMILES string of the molecule is CC(O)COC(=O)C(C)O. The predicted molar refractivity (Wildman–Crippen MR) is 34.3 cm³/mol. The summed E-state index contributed by atoms with van der Waals surface area (Å²) in [5.41, 5.74) is 0. The quantitative estimate of drug-likeness (QED) is 0.519. The highest BCUT2D eigenvalue weighted by Crippen LogP contribution is 1.88. The summed E-state index contributed by atoms with van der Waals surface area (Å²) in [4.78, 5) is 10.5. The maximum atomic E-state index is 10.5. The van der Waals surface area contributed by atoms with E-state index in [4.69, 9.17) is 10.2 Å². The number of ether oxygens (including phenoxy) is 1. The Hall–Kier alpha value is -0.610. The second kappa shape index (κ2) is 4.24. The van der Waals surface area contributed by atoms with Gasteiger partial charge in [0.25, 0.3) is 0 Å². The molecule has 0 aromatic rings. The van der Waals surface area contributed by atoms with E-state index in [0.29, 0.717) is 0 Å². The van der Waals surface area contributed by atoms with Crippen molar-refractivity contribution in [3.8, 4) is 0 Å². The molecule has 2 atom stereocenters. The Kier molecular flexibility index (Phi) is 3.99. The molecule has 0 aliphatic heterocycles. The van der Waals surface area contributed by atoms with Crippen molar-refractivity contribution in [2.45, 2.75) is 26.1 Å². The van der Waals surface area contributed by atoms with Gasteiger partial charge in [-0.15, -0.1) is 0 Å². The van der Waals surface area contributed by atoms with Gasteiger partial charge in [-0.3, -0.25) is 0 Å². The Labute approximate surface area is 59.4 Å². The fourth-order valence-electron chi connectivity index (χ4n) is 0.323.